The molecule has 1 aromatic carbocycles. The molecule has 0 saturated carbocycles. The lowest BCUT2D eigenvalue weighted by molar-refractivity contribution is 0.0612. The van der Waals surface area contributed by atoms with Gasteiger partial charge in [-0.3, -0.25) is 0 Å². The molecule has 1 heterocycles. The second-order valence-corrected chi connectivity index (χ2v) is 5.29. The van der Waals surface area contributed by atoms with Gasteiger partial charge in [-0.15, -0.1) is 0 Å². The number of morpholine rings is 1. The number of hydrogen-bond donors (Lipinski definition) is 1. The standard InChI is InChI=1S/C11H10BrF2NOS/c12-7-1-2-9(14)8(3-7)11(5-13)6-16-4-10(17)15-11/h1-3H,4-6H2,(H,15,17). The zero-order valence-electron chi connectivity index (χ0n) is 8.80. The van der Waals surface area contributed by atoms with E-state index < -0.39 is 18.0 Å². The fraction of sp³-hybridized carbons (Fsp3) is 0.364. The van der Waals surface area contributed by atoms with Gasteiger partial charge in [0.2, 0.25) is 0 Å². The fourth-order valence-electron chi connectivity index (χ4n) is 1.81. The molecule has 1 aliphatic rings. The lowest BCUT2D eigenvalue weighted by atomic mass is 9.90. The molecule has 0 bridgehead atoms. The Bertz CT molecular complexity index is 457. The van der Waals surface area contributed by atoms with Gasteiger partial charge in [0, 0.05) is 10.0 Å². The number of alkyl halides is 1. The Kier molecular flexibility index (Phi) is 3.75. The predicted octanol–water partition coefficient (Wildman–Crippen LogP) is 2.70. The summed E-state index contributed by atoms with van der Waals surface area (Å²) in [5, 5.41) is 2.83. The topological polar surface area (TPSA) is 21.3 Å². The summed E-state index contributed by atoms with van der Waals surface area (Å²) in [7, 11) is 0. The molecule has 92 valence electrons. The minimum atomic E-state index is -1.22. The van der Waals surface area contributed by atoms with Gasteiger partial charge in [-0.05, 0) is 18.2 Å². The fourth-order valence-corrected chi connectivity index (χ4v) is 2.45. The highest BCUT2D eigenvalue weighted by atomic mass is 79.9. The monoisotopic (exact) mass is 321 g/mol. The molecular formula is C11H10BrF2NOS. The Hall–Kier alpha value is -0.590. The van der Waals surface area contributed by atoms with E-state index in [1.165, 1.54) is 6.07 Å². The number of ether oxygens (including phenoxy) is 1. The Labute approximate surface area is 111 Å². The van der Waals surface area contributed by atoms with E-state index in [0.717, 1.165) is 0 Å². The summed E-state index contributed by atoms with van der Waals surface area (Å²) in [5.74, 6) is -0.480. The number of rotatable bonds is 2. The molecule has 6 heteroatoms. The van der Waals surface area contributed by atoms with Crippen LogP contribution in [0.25, 0.3) is 0 Å². The Morgan fingerprint density at radius 3 is 2.94 bits per heavy atom. The lowest BCUT2D eigenvalue weighted by Crippen LogP contribution is -2.56. The predicted molar refractivity (Wildman–Crippen MR) is 68.3 cm³/mol. The van der Waals surface area contributed by atoms with E-state index in [-0.39, 0.29) is 18.8 Å². The van der Waals surface area contributed by atoms with Crippen molar-refractivity contribution >= 4 is 33.1 Å². The van der Waals surface area contributed by atoms with Crippen LogP contribution in [-0.2, 0) is 10.3 Å². The number of hydrogen-bond acceptors (Lipinski definition) is 2. The van der Waals surface area contributed by atoms with Crippen molar-refractivity contribution in [2.24, 2.45) is 0 Å². The molecule has 1 fully saturated rings. The number of benzene rings is 1. The van der Waals surface area contributed by atoms with Crippen LogP contribution in [0.15, 0.2) is 22.7 Å². The van der Waals surface area contributed by atoms with Gasteiger partial charge in [-0.1, -0.05) is 28.1 Å². The second-order valence-electron chi connectivity index (χ2n) is 3.88. The first-order chi connectivity index (χ1) is 8.07. The first kappa shape index (κ1) is 12.9. The van der Waals surface area contributed by atoms with Crippen LogP contribution in [0, 0.1) is 5.82 Å². The number of nitrogens with one attached hydrogen (secondary N) is 1. The average Bonchev–Trinajstić information content (AvgIpc) is 2.32. The molecule has 1 aliphatic heterocycles. The Morgan fingerprint density at radius 1 is 1.53 bits per heavy atom. The van der Waals surface area contributed by atoms with Crippen molar-refractivity contribution in [3.8, 4) is 0 Å². The third kappa shape index (κ3) is 2.48. The van der Waals surface area contributed by atoms with Crippen molar-refractivity contribution in [3.05, 3.63) is 34.1 Å². The van der Waals surface area contributed by atoms with Gasteiger partial charge in [0.15, 0.2) is 0 Å². The van der Waals surface area contributed by atoms with E-state index >= 15 is 0 Å². The minimum absolute atomic E-state index is 0.0526. The Morgan fingerprint density at radius 2 is 2.29 bits per heavy atom. The van der Waals surface area contributed by atoms with Crippen molar-refractivity contribution in [3.63, 3.8) is 0 Å². The van der Waals surface area contributed by atoms with Crippen LogP contribution in [0.4, 0.5) is 8.78 Å². The normalized spacial score (nSPS) is 24.5. The van der Waals surface area contributed by atoms with E-state index in [0.29, 0.717) is 9.46 Å². The zero-order chi connectivity index (χ0) is 12.5. The summed E-state index contributed by atoms with van der Waals surface area (Å²) in [4.78, 5) is 0.383. The van der Waals surface area contributed by atoms with Crippen LogP contribution in [0.5, 0.6) is 0 Å². The molecule has 1 aromatic rings. The molecule has 2 nitrogen and oxygen atoms in total. The third-order valence-electron chi connectivity index (χ3n) is 2.63. The van der Waals surface area contributed by atoms with Gasteiger partial charge in [0.05, 0.1) is 13.2 Å². The highest BCUT2D eigenvalue weighted by Crippen LogP contribution is 2.29. The molecule has 1 atom stereocenters. The quantitative estimate of drug-likeness (QED) is 0.846. The van der Waals surface area contributed by atoms with Crippen LogP contribution < -0.4 is 5.32 Å². The minimum Gasteiger partial charge on any atom is -0.371 e. The smallest absolute Gasteiger partial charge is 0.129 e. The maximum Gasteiger partial charge on any atom is 0.129 e. The van der Waals surface area contributed by atoms with E-state index in [1.807, 2.05) is 0 Å². The van der Waals surface area contributed by atoms with Crippen LogP contribution in [-0.4, -0.2) is 24.9 Å². The SMILES string of the molecule is FCC1(c2cc(Br)ccc2F)COCC(=S)N1. The van der Waals surface area contributed by atoms with Crippen LogP contribution in [0.1, 0.15) is 5.56 Å². The average molecular weight is 322 g/mol. The lowest BCUT2D eigenvalue weighted by Gasteiger charge is -2.37. The summed E-state index contributed by atoms with van der Waals surface area (Å²) < 4.78 is 33.0. The maximum atomic E-state index is 13.8. The molecule has 1 unspecified atom stereocenters. The summed E-state index contributed by atoms with van der Waals surface area (Å²) in [6, 6.07) is 4.39. The van der Waals surface area contributed by atoms with Gasteiger partial charge >= 0.3 is 0 Å². The first-order valence-corrected chi connectivity index (χ1v) is 6.18. The third-order valence-corrected chi connectivity index (χ3v) is 3.35. The molecule has 17 heavy (non-hydrogen) atoms. The highest BCUT2D eigenvalue weighted by molar-refractivity contribution is 9.10. The van der Waals surface area contributed by atoms with E-state index in [1.54, 1.807) is 12.1 Å². The number of thiocarbonyl (C=S) groups is 1. The highest BCUT2D eigenvalue weighted by Gasteiger charge is 2.38. The number of halogens is 3. The summed E-state index contributed by atoms with van der Waals surface area (Å²) >= 11 is 8.20. The van der Waals surface area contributed by atoms with Crippen molar-refractivity contribution < 1.29 is 13.5 Å². The van der Waals surface area contributed by atoms with Gasteiger partial charge in [0.25, 0.3) is 0 Å². The molecule has 0 aliphatic carbocycles. The van der Waals surface area contributed by atoms with Crippen LogP contribution in [0.2, 0.25) is 0 Å². The van der Waals surface area contributed by atoms with E-state index in [9.17, 15) is 8.78 Å². The summed E-state index contributed by atoms with van der Waals surface area (Å²) in [6.07, 6.45) is 0. The zero-order valence-corrected chi connectivity index (χ0v) is 11.2. The van der Waals surface area contributed by atoms with Gasteiger partial charge in [-0.2, -0.15) is 0 Å². The van der Waals surface area contributed by atoms with Crippen LogP contribution in [0.3, 0.4) is 0 Å². The summed E-state index contributed by atoms with van der Waals surface area (Å²) in [5.41, 5.74) is -1.00. The molecule has 2 rings (SSSR count). The van der Waals surface area contributed by atoms with Crippen molar-refractivity contribution in [2.75, 3.05) is 19.9 Å². The van der Waals surface area contributed by atoms with Crippen LogP contribution >= 0.6 is 28.1 Å². The molecule has 0 radical (unpaired) electrons. The van der Waals surface area contributed by atoms with Gasteiger partial charge in [0.1, 0.15) is 23.0 Å². The Balaban J connectivity index is 2.46. The molecule has 0 spiro atoms. The largest absolute Gasteiger partial charge is 0.371 e. The molecule has 1 saturated heterocycles. The maximum absolute atomic E-state index is 13.8. The van der Waals surface area contributed by atoms with E-state index in [4.69, 9.17) is 17.0 Å². The van der Waals surface area contributed by atoms with Crippen molar-refractivity contribution in [1.29, 1.82) is 0 Å². The molecule has 0 amide bonds. The second kappa shape index (κ2) is 4.96. The molecular weight excluding hydrogens is 312 g/mol. The summed E-state index contributed by atoms with van der Waals surface area (Å²) in [6.45, 7) is -0.496. The van der Waals surface area contributed by atoms with Crippen molar-refractivity contribution in [2.45, 2.75) is 5.54 Å². The molecule has 0 aromatic heterocycles. The van der Waals surface area contributed by atoms with E-state index in [2.05, 4.69) is 21.2 Å². The van der Waals surface area contributed by atoms with Gasteiger partial charge < -0.3 is 10.1 Å². The van der Waals surface area contributed by atoms with Crippen molar-refractivity contribution in [1.82, 2.24) is 5.32 Å². The van der Waals surface area contributed by atoms with Gasteiger partial charge in [-0.25, -0.2) is 8.78 Å². The molecule has 1 N–H and O–H groups in total. The first-order valence-electron chi connectivity index (χ1n) is 4.98.